The molecular formula is C30H29Cl2F6N5O3. The molecule has 5 rings (SSSR count). The molecule has 2 unspecified atom stereocenters. The minimum Gasteiger partial charge on any atom is -0.480 e. The van der Waals surface area contributed by atoms with Crippen molar-refractivity contribution in [2.75, 3.05) is 23.7 Å². The van der Waals surface area contributed by atoms with E-state index in [1.165, 1.54) is 12.1 Å². The number of rotatable bonds is 7. The molecule has 248 valence electrons. The summed E-state index contributed by atoms with van der Waals surface area (Å²) in [7, 11) is 0. The fourth-order valence-corrected chi connectivity index (χ4v) is 6.86. The van der Waals surface area contributed by atoms with Gasteiger partial charge in [0.1, 0.15) is 11.9 Å². The number of carboxylic acids is 1. The second-order valence-electron chi connectivity index (χ2n) is 11.5. The van der Waals surface area contributed by atoms with Crippen LogP contribution in [0.4, 0.5) is 38.1 Å². The number of nitrogen functional groups attached to an aromatic ring is 1. The fraction of sp³-hybridized carbons (Fsp3) is 0.433. The Bertz CT molecular complexity index is 1610. The van der Waals surface area contributed by atoms with Crippen LogP contribution in [0.5, 0.6) is 5.88 Å². The highest BCUT2D eigenvalue weighted by Gasteiger charge is 2.50. The van der Waals surface area contributed by atoms with Gasteiger partial charge in [0.2, 0.25) is 17.9 Å². The first-order valence-electron chi connectivity index (χ1n) is 14.3. The molecule has 3 heterocycles. The largest absolute Gasteiger partial charge is 0.480 e. The first kappa shape index (κ1) is 33.9. The average molecular weight is 692 g/mol. The second-order valence-corrected chi connectivity index (χ2v) is 12.3. The number of halogens is 8. The summed E-state index contributed by atoms with van der Waals surface area (Å²) in [6, 6.07) is 6.62. The lowest BCUT2D eigenvalue weighted by Crippen LogP contribution is -2.46. The maximum absolute atomic E-state index is 14.6. The van der Waals surface area contributed by atoms with Crippen molar-refractivity contribution in [2.45, 2.75) is 63.1 Å². The zero-order chi connectivity index (χ0) is 33.6. The van der Waals surface area contributed by atoms with Gasteiger partial charge in [-0.25, -0.2) is 0 Å². The van der Waals surface area contributed by atoms with Gasteiger partial charge in [0, 0.05) is 35.8 Å². The minimum atomic E-state index is -5.05. The monoisotopic (exact) mass is 691 g/mol. The number of benzene rings is 2. The number of hydrogen-bond acceptors (Lipinski definition) is 7. The topological polar surface area (TPSA) is 114 Å². The van der Waals surface area contributed by atoms with Gasteiger partial charge in [0.05, 0.1) is 10.6 Å². The Morgan fingerprint density at radius 1 is 1.11 bits per heavy atom. The van der Waals surface area contributed by atoms with Gasteiger partial charge < -0.3 is 25.8 Å². The van der Waals surface area contributed by atoms with Crippen molar-refractivity contribution >= 4 is 40.9 Å². The molecule has 2 aliphatic rings. The molecule has 3 atom stereocenters. The molecule has 2 saturated heterocycles. The van der Waals surface area contributed by atoms with Crippen LogP contribution in [0.2, 0.25) is 10.0 Å². The van der Waals surface area contributed by atoms with Crippen LogP contribution >= 0.6 is 23.2 Å². The number of hydrogen-bond donors (Lipinski definition) is 3. The number of aliphatic carboxylic acids is 1. The fourth-order valence-electron chi connectivity index (χ4n) is 6.47. The standard InChI is InChI=1S/C30H29Cl2F6N5O3/c1-2-22-28(14-21(40-22)26(44)45)7-9-43(10-8-28)23-13-24(42-27(39)41-23)46-25(30(36,37)38)17-5-4-16(31)12-18(17)15-3-6-20(32)19(11-15)29(33,34)35/h3-6,11-13,21-22,25,40H,2,7-10,14H2,1H3,(H,44,45)(H2,39,41,42)/t21?,22?,25-/m1/s1. The first-order chi connectivity index (χ1) is 21.5. The van der Waals surface area contributed by atoms with Crippen LogP contribution in [0.1, 0.15) is 49.8 Å². The van der Waals surface area contributed by atoms with Crippen molar-refractivity contribution in [3.05, 3.63) is 63.6 Å². The van der Waals surface area contributed by atoms with Crippen LogP contribution in [0.3, 0.4) is 0 Å². The van der Waals surface area contributed by atoms with Gasteiger partial charge in [-0.3, -0.25) is 4.79 Å². The third-order valence-corrected chi connectivity index (χ3v) is 9.23. The maximum Gasteiger partial charge on any atom is 0.429 e. The molecular weight excluding hydrogens is 663 g/mol. The van der Waals surface area contributed by atoms with E-state index in [-0.39, 0.29) is 39.4 Å². The molecule has 2 fully saturated rings. The molecule has 16 heteroatoms. The SMILES string of the molecule is CCC1NC(C(=O)O)CC12CCN(c1cc(O[C@H](c3ccc(Cl)cc3-c3ccc(Cl)c(C(F)(F)F)c3)C(F)(F)F)nc(N)n1)CC2. The Balaban J connectivity index is 1.45. The smallest absolute Gasteiger partial charge is 0.429 e. The predicted octanol–water partition coefficient (Wildman–Crippen LogP) is 7.55. The van der Waals surface area contributed by atoms with Gasteiger partial charge in [0.25, 0.3) is 0 Å². The summed E-state index contributed by atoms with van der Waals surface area (Å²) in [5, 5.41) is 12.1. The maximum atomic E-state index is 14.6. The third-order valence-electron chi connectivity index (χ3n) is 8.66. The lowest BCUT2D eigenvalue weighted by Gasteiger charge is -2.43. The molecule has 4 N–H and O–H groups in total. The number of aromatic nitrogens is 2. The van der Waals surface area contributed by atoms with E-state index in [9.17, 15) is 36.2 Å². The van der Waals surface area contributed by atoms with Crippen LogP contribution in [-0.4, -0.2) is 52.4 Å². The van der Waals surface area contributed by atoms with E-state index in [2.05, 4.69) is 15.3 Å². The zero-order valence-corrected chi connectivity index (χ0v) is 25.7. The molecule has 0 bridgehead atoms. The number of anilines is 2. The zero-order valence-electron chi connectivity index (χ0n) is 24.2. The number of carbonyl (C=O) groups is 1. The molecule has 2 aliphatic heterocycles. The van der Waals surface area contributed by atoms with E-state index in [1.807, 2.05) is 11.8 Å². The van der Waals surface area contributed by atoms with E-state index < -0.39 is 52.5 Å². The van der Waals surface area contributed by atoms with Crippen molar-refractivity contribution in [3.63, 3.8) is 0 Å². The summed E-state index contributed by atoms with van der Waals surface area (Å²) in [4.78, 5) is 21.5. The molecule has 2 aromatic carbocycles. The predicted molar refractivity (Wildman–Crippen MR) is 160 cm³/mol. The van der Waals surface area contributed by atoms with Crippen LogP contribution in [-0.2, 0) is 11.0 Å². The quantitative estimate of drug-likeness (QED) is 0.218. The Morgan fingerprint density at radius 3 is 2.41 bits per heavy atom. The van der Waals surface area contributed by atoms with Crippen molar-refractivity contribution in [2.24, 2.45) is 5.41 Å². The lowest BCUT2D eigenvalue weighted by atomic mass is 9.71. The van der Waals surface area contributed by atoms with Crippen molar-refractivity contribution < 1.29 is 41.0 Å². The van der Waals surface area contributed by atoms with Crippen LogP contribution in [0, 0.1) is 5.41 Å². The summed E-state index contributed by atoms with van der Waals surface area (Å²) >= 11 is 11.8. The van der Waals surface area contributed by atoms with E-state index in [0.717, 1.165) is 30.7 Å². The van der Waals surface area contributed by atoms with E-state index in [4.69, 9.17) is 33.7 Å². The highest BCUT2D eigenvalue weighted by Crippen LogP contribution is 2.47. The van der Waals surface area contributed by atoms with Crippen LogP contribution < -0.4 is 20.7 Å². The number of alkyl halides is 6. The highest BCUT2D eigenvalue weighted by molar-refractivity contribution is 6.31. The normalized spacial score (nSPS) is 20.6. The number of piperidine rings is 1. The molecule has 0 amide bonds. The second kappa shape index (κ2) is 12.6. The summed E-state index contributed by atoms with van der Waals surface area (Å²) in [5.41, 5.74) is 3.42. The van der Waals surface area contributed by atoms with Gasteiger partial charge in [0.15, 0.2) is 0 Å². The minimum absolute atomic E-state index is 0.000852. The number of ether oxygens (including phenoxy) is 1. The van der Waals surface area contributed by atoms with Gasteiger partial charge in [-0.05, 0) is 66.5 Å². The summed E-state index contributed by atoms with van der Waals surface area (Å²) in [6.07, 6.45) is -10.2. The van der Waals surface area contributed by atoms with E-state index in [1.54, 1.807) is 0 Å². The van der Waals surface area contributed by atoms with Gasteiger partial charge in [-0.2, -0.15) is 36.3 Å². The molecule has 8 nitrogen and oxygen atoms in total. The molecule has 1 aromatic heterocycles. The van der Waals surface area contributed by atoms with Gasteiger partial charge in [-0.1, -0.05) is 42.3 Å². The lowest BCUT2D eigenvalue weighted by molar-refractivity contribution is -0.198. The van der Waals surface area contributed by atoms with Gasteiger partial charge in [-0.15, -0.1) is 0 Å². The Labute approximate surface area is 269 Å². The highest BCUT2D eigenvalue weighted by atomic mass is 35.5. The van der Waals surface area contributed by atoms with Gasteiger partial charge >= 0.3 is 18.3 Å². The molecule has 0 saturated carbocycles. The van der Waals surface area contributed by atoms with Crippen molar-refractivity contribution in [3.8, 4) is 17.0 Å². The molecule has 46 heavy (non-hydrogen) atoms. The average Bonchev–Trinajstić information content (AvgIpc) is 3.33. The molecule has 0 aliphatic carbocycles. The first-order valence-corrected chi connectivity index (χ1v) is 15.0. The third kappa shape index (κ3) is 6.93. The summed E-state index contributed by atoms with van der Waals surface area (Å²) in [6.45, 7) is 2.85. The van der Waals surface area contributed by atoms with Crippen molar-refractivity contribution in [1.29, 1.82) is 0 Å². The Kier molecular flexibility index (Phi) is 9.28. The van der Waals surface area contributed by atoms with E-state index in [0.29, 0.717) is 38.4 Å². The number of nitrogens with two attached hydrogens (primary N) is 1. The number of nitrogens with zero attached hydrogens (tertiary/aromatic N) is 3. The Morgan fingerprint density at radius 2 is 1.80 bits per heavy atom. The summed E-state index contributed by atoms with van der Waals surface area (Å²) < 4.78 is 90.0. The van der Waals surface area contributed by atoms with Crippen molar-refractivity contribution in [1.82, 2.24) is 15.3 Å². The molecule has 3 aromatic rings. The van der Waals surface area contributed by atoms with Crippen LogP contribution in [0.25, 0.3) is 11.1 Å². The van der Waals surface area contributed by atoms with Crippen LogP contribution in [0.15, 0.2) is 42.5 Å². The summed E-state index contributed by atoms with van der Waals surface area (Å²) in [5.74, 6) is -1.55. The molecule has 1 spiro atoms. The molecule has 0 radical (unpaired) electrons. The Hall–Kier alpha value is -3.49. The number of nitrogens with one attached hydrogen (secondary N) is 1. The number of carboxylic acid groups (broad SMARTS) is 1. The van der Waals surface area contributed by atoms with E-state index >= 15 is 0 Å².